The molecule has 6 nitrogen and oxygen atoms in total. The molecule has 1 aromatic carbocycles. The molecule has 0 saturated carbocycles. The highest BCUT2D eigenvalue weighted by molar-refractivity contribution is 7.91. The van der Waals surface area contributed by atoms with Crippen LogP contribution < -0.4 is 5.32 Å². The van der Waals surface area contributed by atoms with Gasteiger partial charge in [0, 0.05) is 24.5 Å². The SMILES string of the molecule is Cc1ccc(S(=O)(=O)N2CCCC(C(=O)NCC(O)c3cccc(C(F)(F)F)c3)C2)s1. The Labute approximate surface area is 182 Å². The van der Waals surface area contributed by atoms with Crippen LogP contribution in [-0.2, 0) is 21.0 Å². The van der Waals surface area contributed by atoms with Crippen LogP contribution in [0.1, 0.15) is 34.9 Å². The Morgan fingerprint density at radius 2 is 2.06 bits per heavy atom. The summed E-state index contributed by atoms with van der Waals surface area (Å²) < 4.78 is 65.6. The molecule has 2 N–H and O–H groups in total. The average Bonchev–Trinajstić information content (AvgIpc) is 3.18. The number of benzene rings is 1. The number of alkyl halides is 3. The largest absolute Gasteiger partial charge is 0.416 e. The molecule has 0 aliphatic carbocycles. The number of sulfonamides is 1. The number of hydrogen-bond acceptors (Lipinski definition) is 5. The van der Waals surface area contributed by atoms with Gasteiger partial charge in [0.25, 0.3) is 10.0 Å². The molecule has 2 heterocycles. The van der Waals surface area contributed by atoms with E-state index in [1.807, 2.05) is 6.92 Å². The standard InChI is InChI=1S/C20H23F3N2O4S2/c1-13-7-8-18(30-13)31(28,29)25-9-3-5-15(12-25)19(27)24-11-17(26)14-4-2-6-16(10-14)20(21,22)23/h2,4,6-8,10,15,17,26H,3,5,9,11-12H2,1H3,(H,24,27). The number of nitrogens with one attached hydrogen (secondary N) is 1. The van der Waals surface area contributed by atoms with Crippen LogP contribution in [0.4, 0.5) is 13.2 Å². The van der Waals surface area contributed by atoms with Crippen molar-refractivity contribution in [2.24, 2.45) is 5.92 Å². The molecule has 0 bridgehead atoms. The summed E-state index contributed by atoms with van der Waals surface area (Å²) in [5.74, 6) is -1.04. The number of halogens is 3. The molecule has 2 atom stereocenters. The van der Waals surface area contributed by atoms with Crippen LogP contribution in [0.3, 0.4) is 0 Å². The molecule has 31 heavy (non-hydrogen) atoms. The normalized spacial score (nSPS) is 19.2. The van der Waals surface area contributed by atoms with E-state index in [0.717, 1.165) is 17.0 Å². The lowest BCUT2D eigenvalue weighted by Gasteiger charge is -2.31. The van der Waals surface area contributed by atoms with E-state index in [4.69, 9.17) is 0 Å². The Morgan fingerprint density at radius 3 is 2.71 bits per heavy atom. The Bertz CT molecular complexity index is 1040. The zero-order chi connectivity index (χ0) is 22.8. The van der Waals surface area contributed by atoms with Gasteiger partial charge in [0.05, 0.1) is 17.6 Å². The van der Waals surface area contributed by atoms with E-state index in [2.05, 4.69) is 5.32 Å². The number of nitrogens with zero attached hydrogens (tertiary/aromatic N) is 1. The molecule has 3 rings (SSSR count). The molecule has 0 spiro atoms. The molecule has 0 radical (unpaired) electrons. The smallest absolute Gasteiger partial charge is 0.387 e. The minimum Gasteiger partial charge on any atom is -0.387 e. The predicted octanol–water partition coefficient (Wildman–Crippen LogP) is 3.33. The van der Waals surface area contributed by atoms with E-state index < -0.39 is 39.7 Å². The summed E-state index contributed by atoms with van der Waals surface area (Å²) in [7, 11) is -3.68. The molecule has 1 aliphatic rings. The highest BCUT2D eigenvalue weighted by Gasteiger charge is 2.34. The summed E-state index contributed by atoms with van der Waals surface area (Å²) in [6, 6.07) is 7.56. The van der Waals surface area contributed by atoms with Gasteiger partial charge >= 0.3 is 6.18 Å². The van der Waals surface area contributed by atoms with Crippen LogP contribution >= 0.6 is 11.3 Å². The van der Waals surface area contributed by atoms with Gasteiger partial charge in [-0.3, -0.25) is 4.79 Å². The van der Waals surface area contributed by atoms with Gasteiger partial charge in [-0.25, -0.2) is 8.42 Å². The quantitative estimate of drug-likeness (QED) is 0.670. The number of amides is 1. The zero-order valence-corrected chi connectivity index (χ0v) is 18.4. The average molecular weight is 477 g/mol. The first-order valence-corrected chi connectivity index (χ1v) is 11.9. The molecule has 1 fully saturated rings. The van der Waals surface area contributed by atoms with Crippen molar-refractivity contribution in [2.75, 3.05) is 19.6 Å². The highest BCUT2D eigenvalue weighted by Crippen LogP contribution is 2.31. The number of carbonyl (C=O) groups is 1. The first-order valence-electron chi connectivity index (χ1n) is 9.68. The summed E-state index contributed by atoms with van der Waals surface area (Å²) >= 11 is 1.17. The highest BCUT2D eigenvalue weighted by atomic mass is 32.2. The second-order valence-corrected chi connectivity index (χ2v) is 10.9. The van der Waals surface area contributed by atoms with Gasteiger partial charge in [0.2, 0.25) is 5.91 Å². The van der Waals surface area contributed by atoms with E-state index in [9.17, 15) is 31.5 Å². The fourth-order valence-electron chi connectivity index (χ4n) is 3.43. The number of piperidine rings is 1. The number of rotatable bonds is 6. The molecule has 2 unspecified atom stereocenters. The lowest BCUT2D eigenvalue weighted by atomic mass is 9.98. The van der Waals surface area contributed by atoms with Gasteiger partial charge in [-0.05, 0) is 49.6 Å². The third-order valence-corrected chi connectivity index (χ3v) is 8.47. The Morgan fingerprint density at radius 1 is 1.32 bits per heavy atom. The Kier molecular flexibility index (Phi) is 7.09. The molecule has 1 amide bonds. The summed E-state index contributed by atoms with van der Waals surface area (Å²) in [6.45, 7) is 1.88. The summed E-state index contributed by atoms with van der Waals surface area (Å²) in [5, 5.41) is 12.7. The molecule has 2 aromatic rings. The minimum atomic E-state index is -4.53. The van der Waals surface area contributed by atoms with Crippen molar-refractivity contribution in [1.29, 1.82) is 0 Å². The number of thiophene rings is 1. The van der Waals surface area contributed by atoms with Gasteiger partial charge in [-0.1, -0.05) is 12.1 Å². The maximum Gasteiger partial charge on any atom is 0.416 e. The lowest BCUT2D eigenvalue weighted by molar-refractivity contribution is -0.137. The predicted molar refractivity (Wildman–Crippen MR) is 110 cm³/mol. The minimum absolute atomic E-state index is 0.0186. The first kappa shape index (κ1) is 23.7. The topological polar surface area (TPSA) is 86.7 Å². The van der Waals surface area contributed by atoms with Crippen LogP contribution in [0, 0.1) is 12.8 Å². The third-order valence-electron chi connectivity index (χ3n) is 5.13. The second-order valence-electron chi connectivity index (χ2n) is 7.45. The number of carbonyl (C=O) groups excluding carboxylic acids is 1. The fraction of sp³-hybridized carbons (Fsp3) is 0.450. The number of aliphatic hydroxyl groups excluding tert-OH is 1. The number of aliphatic hydroxyl groups is 1. The molecule has 1 aromatic heterocycles. The van der Waals surface area contributed by atoms with Crippen LogP contribution in [0.25, 0.3) is 0 Å². The fourth-order valence-corrected chi connectivity index (χ4v) is 6.40. The molecule has 170 valence electrons. The van der Waals surface area contributed by atoms with Gasteiger partial charge in [0.15, 0.2) is 0 Å². The molecular weight excluding hydrogens is 453 g/mol. The molecule has 1 saturated heterocycles. The summed E-state index contributed by atoms with van der Waals surface area (Å²) in [6.07, 6.45) is -4.85. The maximum atomic E-state index is 12.8. The number of aryl methyl sites for hydroxylation is 1. The van der Waals surface area contributed by atoms with Crippen LogP contribution in [-0.4, -0.2) is 43.4 Å². The number of hydrogen-bond donors (Lipinski definition) is 2. The van der Waals surface area contributed by atoms with Crippen LogP contribution in [0.15, 0.2) is 40.6 Å². The van der Waals surface area contributed by atoms with Crippen molar-refractivity contribution in [3.05, 3.63) is 52.4 Å². The van der Waals surface area contributed by atoms with Crippen molar-refractivity contribution < 1.29 is 31.5 Å². The van der Waals surface area contributed by atoms with E-state index in [1.165, 1.54) is 27.8 Å². The van der Waals surface area contributed by atoms with Gasteiger partial charge < -0.3 is 10.4 Å². The first-order chi connectivity index (χ1) is 14.5. The van der Waals surface area contributed by atoms with Crippen LogP contribution in [0.2, 0.25) is 0 Å². The molecular formula is C20H23F3N2O4S2. The Balaban J connectivity index is 1.60. The van der Waals surface area contributed by atoms with Crippen LogP contribution in [0.5, 0.6) is 0 Å². The van der Waals surface area contributed by atoms with Crippen molar-refractivity contribution in [2.45, 2.75) is 36.3 Å². The summed E-state index contributed by atoms with van der Waals surface area (Å²) in [5.41, 5.74) is -0.844. The summed E-state index contributed by atoms with van der Waals surface area (Å²) in [4.78, 5) is 13.4. The van der Waals surface area contributed by atoms with Crippen molar-refractivity contribution in [1.82, 2.24) is 9.62 Å². The lowest BCUT2D eigenvalue weighted by Crippen LogP contribution is -2.45. The van der Waals surface area contributed by atoms with Crippen molar-refractivity contribution in [3.8, 4) is 0 Å². The molecule has 11 heteroatoms. The van der Waals surface area contributed by atoms with E-state index in [1.54, 1.807) is 12.1 Å². The van der Waals surface area contributed by atoms with Crippen molar-refractivity contribution in [3.63, 3.8) is 0 Å². The monoisotopic (exact) mass is 476 g/mol. The van der Waals surface area contributed by atoms with E-state index >= 15 is 0 Å². The second kappa shape index (κ2) is 9.27. The van der Waals surface area contributed by atoms with E-state index in [-0.39, 0.29) is 22.9 Å². The van der Waals surface area contributed by atoms with Gasteiger partial charge in [-0.15, -0.1) is 11.3 Å². The van der Waals surface area contributed by atoms with Gasteiger partial charge in [-0.2, -0.15) is 17.5 Å². The Hall–Kier alpha value is -1.95. The molecule has 1 aliphatic heterocycles. The van der Waals surface area contributed by atoms with E-state index in [0.29, 0.717) is 19.4 Å². The van der Waals surface area contributed by atoms with Crippen molar-refractivity contribution >= 4 is 27.3 Å². The maximum absolute atomic E-state index is 12.8. The third kappa shape index (κ3) is 5.65. The zero-order valence-electron chi connectivity index (χ0n) is 16.7. The van der Waals surface area contributed by atoms with Gasteiger partial charge in [0.1, 0.15) is 4.21 Å².